The number of amides is 3. The average Bonchev–Trinajstić information content (AvgIpc) is 3.47. The van der Waals surface area contributed by atoms with Crippen LogP contribution in [-0.2, 0) is 25.7 Å². The Hall–Kier alpha value is -1.97. The zero-order valence-electron chi connectivity index (χ0n) is 21.3. The van der Waals surface area contributed by atoms with E-state index in [4.69, 9.17) is 4.74 Å². The van der Waals surface area contributed by atoms with Crippen molar-refractivity contribution in [1.82, 2.24) is 15.5 Å². The van der Waals surface area contributed by atoms with E-state index in [1.165, 1.54) is 0 Å². The third kappa shape index (κ3) is 4.58. The highest BCUT2D eigenvalue weighted by atomic mass is 79.9. The van der Waals surface area contributed by atoms with Crippen molar-refractivity contribution in [3.05, 3.63) is 35.9 Å². The highest BCUT2D eigenvalue weighted by molar-refractivity contribution is 9.09. The summed E-state index contributed by atoms with van der Waals surface area (Å²) in [4.78, 5) is 42.7. The molecule has 8 atom stereocenters. The number of aliphatic hydroxyl groups excluding tert-OH is 1. The van der Waals surface area contributed by atoms with Gasteiger partial charge in [0.25, 0.3) is 0 Å². The zero-order valence-corrected chi connectivity index (χ0v) is 22.9. The Bertz CT molecular complexity index is 962. The molecule has 3 N–H and O–H groups in total. The fraction of sp³-hybridized carbons (Fsp3) is 0.667. The van der Waals surface area contributed by atoms with Gasteiger partial charge in [-0.15, -0.1) is 0 Å². The molecule has 1 aromatic rings. The fourth-order valence-electron chi connectivity index (χ4n) is 6.23. The second-order valence-corrected chi connectivity index (χ2v) is 11.6. The number of nitrogens with one attached hydrogen (secondary N) is 2. The second-order valence-electron chi connectivity index (χ2n) is 10.4. The minimum atomic E-state index is -1.11. The summed E-state index contributed by atoms with van der Waals surface area (Å²) in [7, 11) is 0. The van der Waals surface area contributed by atoms with E-state index in [0.717, 1.165) is 24.8 Å². The van der Waals surface area contributed by atoms with Crippen LogP contribution < -0.4 is 10.6 Å². The van der Waals surface area contributed by atoms with Crippen molar-refractivity contribution in [2.24, 2.45) is 17.8 Å². The van der Waals surface area contributed by atoms with Gasteiger partial charge in [-0.05, 0) is 24.3 Å². The van der Waals surface area contributed by atoms with E-state index < -0.39 is 35.6 Å². The van der Waals surface area contributed by atoms with Crippen LogP contribution in [0.2, 0.25) is 0 Å². The zero-order chi connectivity index (χ0) is 26.0. The van der Waals surface area contributed by atoms with Gasteiger partial charge >= 0.3 is 0 Å². The molecular weight excluding hydrogens is 526 g/mol. The van der Waals surface area contributed by atoms with Crippen molar-refractivity contribution >= 4 is 33.7 Å². The maximum atomic E-state index is 14.1. The molecule has 9 heteroatoms. The molecule has 0 radical (unpaired) electrons. The number of likely N-dealkylation sites (tertiary alicyclic amines) is 1. The molecule has 3 fully saturated rings. The smallest absolute Gasteiger partial charge is 0.245 e. The topological polar surface area (TPSA) is 108 Å². The molecule has 4 rings (SSSR count). The first-order chi connectivity index (χ1) is 17.3. The van der Waals surface area contributed by atoms with Crippen LogP contribution in [0.5, 0.6) is 0 Å². The summed E-state index contributed by atoms with van der Waals surface area (Å²) in [5.41, 5.74) is -0.147. The molecule has 3 aliphatic rings. The second kappa shape index (κ2) is 11.2. The van der Waals surface area contributed by atoms with Gasteiger partial charge in [-0.1, -0.05) is 79.9 Å². The summed E-state index contributed by atoms with van der Waals surface area (Å²) in [6.07, 6.45) is 2.45. The number of rotatable bonds is 11. The van der Waals surface area contributed by atoms with Crippen molar-refractivity contribution in [3.63, 3.8) is 0 Å². The number of benzene rings is 1. The number of aliphatic hydroxyl groups is 1. The Morgan fingerprint density at radius 3 is 2.58 bits per heavy atom. The lowest BCUT2D eigenvalue weighted by Crippen LogP contribution is -2.59. The number of carbonyl (C=O) groups excluding carboxylic acids is 3. The predicted octanol–water partition coefficient (Wildman–Crippen LogP) is 2.37. The van der Waals surface area contributed by atoms with Gasteiger partial charge in [0, 0.05) is 17.9 Å². The van der Waals surface area contributed by atoms with Crippen LogP contribution in [0.25, 0.3) is 0 Å². The number of hydrogen-bond donors (Lipinski definition) is 3. The van der Waals surface area contributed by atoms with Crippen LogP contribution in [-0.4, -0.2) is 69.5 Å². The summed E-state index contributed by atoms with van der Waals surface area (Å²) < 4.78 is 6.52. The molecule has 198 valence electrons. The van der Waals surface area contributed by atoms with Crippen molar-refractivity contribution in [1.29, 1.82) is 0 Å². The van der Waals surface area contributed by atoms with Crippen molar-refractivity contribution in [3.8, 4) is 0 Å². The lowest BCUT2D eigenvalue weighted by Gasteiger charge is -2.38. The van der Waals surface area contributed by atoms with Gasteiger partial charge in [0.1, 0.15) is 11.6 Å². The first-order valence-corrected chi connectivity index (χ1v) is 14.1. The van der Waals surface area contributed by atoms with E-state index in [9.17, 15) is 19.5 Å². The number of unbranched alkanes of at least 4 members (excludes halogenated alkanes) is 1. The van der Waals surface area contributed by atoms with Gasteiger partial charge in [0.2, 0.25) is 17.7 Å². The van der Waals surface area contributed by atoms with Crippen LogP contribution >= 0.6 is 15.9 Å². The maximum Gasteiger partial charge on any atom is 0.245 e. The Balaban J connectivity index is 1.67. The molecule has 0 saturated carbocycles. The third-order valence-corrected chi connectivity index (χ3v) is 9.11. The predicted molar refractivity (Wildman–Crippen MR) is 139 cm³/mol. The maximum absolute atomic E-state index is 14.1. The number of halogens is 1. The van der Waals surface area contributed by atoms with Crippen LogP contribution in [0.1, 0.15) is 52.0 Å². The number of fused-ring (bicyclic) bond motifs is 1. The monoisotopic (exact) mass is 563 g/mol. The Labute approximate surface area is 221 Å². The van der Waals surface area contributed by atoms with E-state index in [0.29, 0.717) is 19.5 Å². The highest BCUT2D eigenvalue weighted by Gasteiger charge is 2.77. The van der Waals surface area contributed by atoms with Gasteiger partial charge in [-0.3, -0.25) is 14.4 Å². The summed E-state index contributed by atoms with van der Waals surface area (Å²) in [6, 6.07) is 8.18. The number of hydrogen-bond acceptors (Lipinski definition) is 5. The van der Waals surface area contributed by atoms with E-state index in [2.05, 4.69) is 26.6 Å². The van der Waals surface area contributed by atoms with Gasteiger partial charge in [-0.25, -0.2) is 0 Å². The summed E-state index contributed by atoms with van der Waals surface area (Å²) in [6.45, 7) is 6.62. The van der Waals surface area contributed by atoms with E-state index in [1.54, 1.807) is 4.90 Å². The molecule has 3 unspecified atom stereocenters. The van der Waals surface area contributed by atoms with E-state index in [1.807, 2.05) is 51.1 Å². The SMILES string of the molecule is CCCCNC(=O)C1N([C@@H](CO)[C@@H](C)CC)C(=O)[C@@H]2[C@H](C(=O)NCc3ccccc3)[C@H]3OC12CC3Br. The lowest BCUT2D eigenvalue weighted by atomic mass is 9.70. The van der Waals surface area contributed by atoms with Gasteiger partial charge in [0.15, 0.2) is 0 Å². The summed E-state index contributed by atoms with van der Waals surface area (Å²) in [5.74, 6) is -2.30. The number of alkyl halides is 1. The molecule has 2 bridgehead atoms. The number of carbonyl (C=O) groups is 3. The van der Waals surface area contributed by atoms with Gasteiger partial charge < -0.3 is 25.4 Å². The first kappa shape index (κ1) is 27.1. The standard InChI is InChI=1S/C27H38BrN3O5/c1-4-6-12-29-25(34)23-27-13-18(28)22(36-27)20(24(33)30-14-17-10-8-7-9-11-17)21(27)26(35)31(23)19(15-32)16(3)5-2/h7-11,16,18-23,32H,4-6,12-15H2,1-3H3,(H,29,34)(H,30,33)/t16-,18?,19-,20-,21-,22-,23?,27?/m0/s1. The number of ether oxygens (including phenoxy) is 1. The lowest BCUT2D eigenvalue weighted by molar-refractivity contribution is -0.147. The molecule has 8 nitrogen and oxygen atoms in total. The Kier molecular flexibility index (Phi) is 8.42. The molecule has 0 aliphatic carbocycles. The fourth-order valence-corrected chi connectivity index (χ4v) is 7.17. The largest absolute Gasteiger partial charge is 0.394 e. The number of nitrogens with zero attached hydrogens (tertiary/aromatic N) is 1. The molecule has 3 aliphatic heterocycles. The van der Waals surface area contributed by atoms with Gasteiger partial charge in [-0.2, -0.15) is 0 Å². The van der Waals surface area contributed by atoms with E-state index in [-0.39, 0.29) is 35.1 Å². The quantitative estimate of drug-likeness (QED) is 0.283. The molecule has 1 spiro atoms. The minimum absolute atomic E-state index is 0.0255. The van der Waals surface area contributed by atoms with Crippen molar-refractivity contribution in [2.45, 2.75) is 81.6 Å². The normalized spacial score (nSPS) is 32.3. The minimum Gasteiger partial charge on any atom is -0.394 e. The van der Waals surface area contributed by atoms with Crippen LogP contribution in [0.4, 0.5) is 0 Å². The average molecular weight is 565 g/mol. The molecule has 1 aromatic carbocycles. The molecule has 3 amide bonds. The molecular formula is C27H38BrN3O5. The third-order valence-electron chi connectivity index (χ3n) is 8.26. The summed E-state index contributed by atoms with van der Waals surface area (Å²) >= 11 is 3.69. The Morgan fingerprint density at radius 1 is 1.22 bits per heavy atom. The molecule has 0 aromatic heterocycles. The first-order valence-electron chi connectivity index (χ1n) is 13.1. The van der Waals surface area contributed by atoms with Crippen molar-refractivity contribution in [2.75, 3.05) is 13.2 Å². The van der Waals surface area contributed by atoms with Crippen LogP contribution in [0, 0.1) is 17.8 Å². The molecule has 3 saturated heterocycles. The van der Waals surface area contributed by atoms with Crippen LogP contribution in [0.15, 0.2) is 30.3 Å². The van der Waals surface area contributed by atoms with E-state index >= 15 is 0 Å². The highest BCUT2D eigenvalue weighted by Crippen LogP contribution is 2.60. The summed E-state index contributed by atoms with van der Waals surface area (Å²) in [5, 5.41) is 16.3. The van der Waals surface area contributed by atoms with Crippen molar-refractivity contribution < 1.29 is 24.2 Å². The van der Waals surface area contributed by atoms with Gasteiger partial charge in [0.05, 0.1) is 30.6 Å². The molecule has 36 heavy (non-hydrogen) atoms. The molecule has 3 heterocycles. The van der Waals surface area contributed by atoms with Crippen LogP contribution in [0.3, 0.4) is 0 Å². The Morgan fingerprint density at radius 2 is 1.94 bits per heavy atom.